The van der Waals surface area contributed by atoms with Crippen LogP contribution in [0.25, 0.3) is 22.2 Å². The summed E-state index contributed by atoms with van der Waals surface area (Å²) < 4.78 is 45.8. The Morgan fingerprint density at radius 3 is 2.41 bits per heavy atom. The predicted octanol–water partition coefficient (Wildman–Crippen LogP) is 3.37. The van der Waals surface area contributed by atoms with Crippen LogP contribution in [0, 0.1) is 17.5 Å². The molecule has 1 aliphatic heterocycles. The summed E-state index contributed by atoms with van der Waals surface area (Å²) in [6, 6.07) is 4.83. The summed E-state index contributed by atoms with van der Waals surface area (Å²) in [4.78, 5) is 4.41. The molecule has 0 unspecified atom stereocenters. The largest absolute Gasteiger partial charge is 0.507 e. The lowest BCUT2D eigenvalue weighted by Crippen LogP contribution is -2.43. The third kappa shape index (κ3) is 3.26. The molecule has 2 heterocycles. The molecule has 3 aromatic rings. The third-order valence-electron chi connectivity index (χ3n) is 4.95. The second-order valence-corrected chi connectivity index (χ2v) is 6.80. The summed E-state index contributed by atoms with van der Waals surface area (Å²) in [5, 5.41) is 14.7. The van der Waals surface area contributed by atoms with Gasteiger partial charge >= 0.3 is 0 Å². The third-order valence-corrected chi connectivity index (χ3v) is 4.95. The second kappa shape index (κ2) is 6.86. The summed E-state index contributed by atoms with van der Waals surface area (Å²) in [5.74, 6) is -4.05. The van der Waals surface area contributed by atoms with Gasteiger partial charge in [-0.25, -0.2) is 13.2 Å². The Morgan fingerprint density at radius 2 is 1.74 bits per heavy atom. The first-order valence-electron chi connectivity index (χ1n) is 8.60. The van der Waals surface area contributed by atoms with Crippen LogP contribution in [0.4, 0.5) is 13.2 Å². The van der Waals surface area contributed by atoms with Crippen LogP contribution in [-0.2, 0) is 6.54 Å². The summed E-state index contributed by atoms with van der Waals surface area (Å²) in [7, 11) is 2.05. The van der Waals surface area contributed by atoms with Gasteiger partial charge < -0.3 is 14.5 Å². The fraction of sp³-hybridized carbons (Fsp3) is 0.316. The van der Waals surface area contributed by atoms with E-state index in [1.807, 2.05) is 0 Å². The van der Waals surface area contributed by atoms with E-state index in [2.05, 4.69) is 22.0 Å². The molecule has 5 nitrogen and oxygen atoms in total. The van der Waals surface area contributed by atoms with Crippen LogP contribution in [0.15, 0.2) is 28.8 Å². The zero-order valence-electron chi connectivity index (χ0n) is 14.7. The summed E-state index contributed by atoms with van der Waals surface area (Å²) in [5.41, 5.74) is 1.19. The summed E-state index contributed by atoms with van der Waals surface area (Å²) in [6.07, 6.45) is 0. The number of hydrogen-bond acceptors (Lipinski definition) is 5. The van der Waals surface area contributed by atoms with Gasteiger partial charge in [-0.2, -0.15) is 0 Å². The van der Waals surface area contributed by atoms with E-state index in [9.17, 15) is 18.3 Å². The number of phenols is 1. The molecule has 0 radical (unpaired) electrons. The lowest BCUT2D eigenvalue weighted by Gasteiger charge is -2.32. The normalized spacial score (nSPS) is 16.3. The molecule has 1 saturated heterocycles. The Labute approximate surface area is 153 Å². The fourth-order valence-corrected chi connectivity index (χ4v) is 3.33. The van der Waals surface area contributed by atoms with Crippen LogP contribution in [0.5, 0.6) is 5.75 Å². The molecular formula is C19H18F3N3O2. The number of likely N-dealkylation sites (N-methyl/N-ethyl adjacent to an activating group) is 1. The second-order valence-electron chi connectivity index (χ2n) is 6.80. The highest BCUT2D eigenvalue weighted by atomic mass is 19.2. The maximum Gasteiger partial charge on any atom is 0.194 e. The Balaban J connectivity index is 1.74. The average Bonchev–Trinajstić information content (AvgIpc) is 3.07. The van der Waals surface area contributed by atoms with Gasteiger partial charge in [0.15, 0.2) is 23.0 Å². The molecule has 0 amide bonds. The molecule has 1 aromatic heterocycles. The molecule has 1 fully saturated rings. The molecule has 0 spiro atoms. The van der Waals surface area contributed by atoms with Crippen LogP contribution < -0.4 is 0 Å². The van der Waals surface area contributed by atoms with Crippen LogP contribution in [0.1, 0.15) is 5.56 Å². The maximum absolute atomic E-state index is 13.6. The molecule has 27 heavy (non-hydrogen) atoms. The van der Waals surface area contributed by atoms with Crippen molar-refractivity contribution in [2.24, 2.45) is 0 Å². The van der Waals surface area contributed by atoms with E-state index >= 15 is 0 Å². The Kier molecular flexibility index (Phi) is 4.53. The first-order chi connectivity index (χ1) is 12.9. The molecule has 142 valence electrons. The van der Waals surface area contributed by atoms with Crippen molar-refractivity contribution in [2.75, 3.05) is 33.2 Å². The monoisotopic (exact) mass is 377 g/mol. The van der Waals surface area contributed by atoms with Crippen LogP contribution in [0.2, 0.25) is 0 Å². The molecule has 0 saturated carbocycles. The topological polar surface area (TPSA) is 52.7 Å². The number of phenolic OH excluding ortho intramolecular Hbond substituents is 1. The van der Waals surface area contributed by atoms with Gasteiger partial charge in [-0.15, -0.1) is 0 Å². The summed E-state index contributed by atoms with van der Waals surface area (Å²) >= 11 is 0. The summed E-state index contributed by atoms with van der Waals surface area (Å²) in [6.45, 7) is 4.01. The van der Waals surface area contributed by atoms with Crippen LogP contribution >= 0.6 is 0 Å². The average molecular weight is 377 g/mol. The van der Waals surface area contributed by atoms with Gasteiger partial charge in [0.2, 0.25) is 0 Å². The number of piperazine rings is 1. The van der Waals surface area contributed by atoms with Crippen molar-refractivity contribution in [3.05, 3.63) is 47.3 Å². The van der Waals surface area contributed by atoms with Gasteiger partial charge in [0.1, 0.15) is 11.4 Å². The zero-order chi connectivity index (χ0) is 19.1. The molecule has 1 aliphatic rings. The van der Waals surface area contributed by atoms with Crippen molar-refractivity contribution < 1.29 is 22.8 Å². The van der Waals surface area contributed by atoms with Gasteiger partial charge in [0, 0.05) is 38.3 Å². The standard InChI is InChI=1S/C19H18F3N3O2/c1-24-4-6-25(7-5-24)10-13-16(26)3-2-12-18(23-27-19(12)13)11-8-14(20)17(22)15(21)9-11/h2-3,8-9,26H,4-7,10H2,1H3. The number of hydrogen-bond donors (Lipinski definition) is 1. The number of halogens is 3. The molecule has 0 bridgehead atoms. The van der Waals surface area contributed by atoms with Crippen molar-refractivity contribution >= 4 is 11.0 Å². The SMILES string of the molecule is CN1CCN(Cc2c(O)ccc3c(-c4cc(F)c(F)c(F)c4)noc23)CC1. The number of rotatable bonds is 3. The predicted molar refractivity (Wildman–Crippen MR) is 93.8 cm³/mol. The van der Waals surface area contributed by atoms with Gasteiger partial charge in [-0.3, -0.25) is 4.90 Å². The van der Waals surface area contributed by atoms with E-state index in [1.165, 1.54) is 6.07 Å². The lowest BCUT2D eigenvalue weighted by molar-refractivity contribution is 0.147. The fourth-order valence-electron chi connectivity index (χ4n) is 3.33. The molecule has 8 heteroatoms. The highest BCUT2D eigenvalue weighted by molar-refractivity contribution is 5.94. The van der Waals surface area contributed by atoms with E-state index in [0.29, 0.717) is 23.1 Å². The van der Waals surface area contributed by atoms with E-state index in [-0.39, 0.29) is 17.0 Å². The van der Waals surface area contributed by atoms with Crippen molar-refractivity contribution in [1.29, 1.82) is 0 Å². The molecule has 4 rings (SSSR count). The van der Waals surface area contributed by atoms with Gasteiger partial charge in [-0.05, 0) is 31.3 Å². The molecule has 0 aliphatic carbocycles. The minimum Gasteiger partial charge on any atom is -0.507 e. The number of aromatic nitrogens is 1. The van der Waals surface area contributed by atoms with Gasteiger partial charge in [0.25, 0.3) is 0 Å². The van der Waals surface area contributed by atoms with E-state index in [1.54, 1.807) is 6.07 Å². The van der Waals surface area contributed by atoms with Crippen molar-refractivity contribution in [3.8, 4) is 17.0 Å². The smallest absolute Gasteiger partial charge is 0.194 e. The van der Waals surface area contributed by atoms with Gasteiger partial charge in [0.05, 0.1) is 10.9 Å². The highest BCUT2D eigenvalue weighted by Crippen LogP contribution is 2.35. The van der Waals surface area contributed by atoms with Crippen molar-refractivity contribution in [1.82, 2.24) is 15.0 Å². The number of fused-ring (bicyclic) bond motifs is 1. The van der Waals surface area contributed by atoms with E-state index in [0.717, 1.165) is 38.3 Å². The highest BCUT2D eigenvalue weighted by Gasteiger charge is 2.22. The lowest BCUT2D eigenvalue weighted by atomic mass is 10.0. The first-order valence-corrected chi connectivity index (χ1v) is 8.60. The molecule has 1 N–H and O–H groups in total. The van der Waals surface area contributed by atoms with E-state index in [4.69, 9.17) is 4.52 Å². The zero-order valence-corrected chi connectivity index (χ0v) is 14.7. The quantitative estimate of drug-likeness (QED) is 0.710. The first kappa shape index (κ1) is 17.8. The maximum atomic E-state index is 13.6. The Hall–Kier alpha value is -2.58. The Bertz CT molecular complexity index is 974. The number of aromatic hydroxyl groups is 1. The van der Waals surface area contributed by atoms with Crippen molar-refractivity contribution in [3.63, 3.8) is 0 Å². The number of benzene rings is 2. The minimum absolute atomic E-state index is 0.0700. The van der Waals surface area contributed by atoms with Crippen LogP contribution in [-0.4, -0.2) is 53.3 Å². The van der Waals surface area contributed by atoms with E-state index < -0.39 is 17.5 Å². The molecule has 0 atom stereocenters. The number of nitrogens with zero attached hydrogens (tertiary/aromatic N) is 3. The van der Waals surface area contributed by atoms with Crippen LogP contribution in [0.3, 0.4) is 0 Å². The Morgan fingerprint density at radius 1 is 1.07 bits per heavy atom. The molecule has 2 aromatic carbocycles. The van der Waals surface area contributed by atoms with Gasteiger partial charge in [-0.1, -0.05) is 5.16 Å². The minimum atomic E-state index is -1.53. The van der Waals surface area contributed by atoms with Crippen molar-refractivity contribution in [2.45, 2.75) is 6.54 Å². The molecular weight excluding hydrogens is 359 g/mol.